The molecule has 0 fully saturated rings. The topological polar surface area (TPSA) is 35.5 Å². The average Bonchev–Trinajstić information content (AvgIpc) is 2.20. The van der Waals surface area contributed by atoms with E-state index in [0.29, 0.717) is 22.1 Å². The molecule has 3 nitrogen and oxygen atoms in total. The Morgan fingerprint density at radius 3 is 2.47 bits per heavy atom. The van der Waals surface area contributed by atoms with E-state index in [1.54, 1.807) is 19.2 Å². The molecule has 1 rings (SSSR count). The number of benzene rings is 1. The van der Waals surface area contributed by atoms with Crippen LogP contribution in [-0.4, -0.2) is 20.0 Å². The van der Waals surface area contributed by atoms with Crippen LogP contribution in [0.1, 0.15) is 12.5 Å². The van der Waals surface area contributed by atoms with Crippen molar-refractivity contribution in [2.24, 2.45) is 0 Å². The molecule has 15 heavy (non-hydrogen) atoms. The molecule has 0 aliphatic rings. The van der Waals surface area contributed by atoms with E-state index in [2.05, 4.69) is 0 Å². The van der Waals surface area contributed by atoms with Crippen LogP contribution in [0.5, 0.6) is 11.5 Å². The van der Waals surface area contributed by atoms with Gasteiger partial charge in [-0.3, -0.25) is 4.79 Å². The summed E-state index contributed by atoms with van der Waals surface area (Å²) >= 11 is 5.99. The zero-order valence-corrected chi connectivity index (χ0v) is 9.72. The van der Waals surface area contributed by atoms with E-state index in [0.717, 1.165) is 0 Å². The third-order valence-corrected chi connectivity index (χ3v) is 2.37. The van der Waals surface area contributed by atoms with E-state index < -0.39 is 0 Å². The highest BCUT2D eigenvalue weighted by Crippen LogP contribution is 2.36. The molecule has 1 aromatic rings. The first-order valence-electron chi connectivity index (χ1n) is 4.49. The second kappa shape index (κ2) is 5.03. The third-order valence-electron chi connectivity index (χ3n) is 2.02. The van der Waals surface area contributed by atoms with Gasteiger partial charge in [-0.05, 0) is 19.1 Å². The van der Waals surface area contributed by atoms with Crippen LogP contribution in [0.15, 0.2) is 12.1 Å². The van der Waals surface area contributed by atoms with Gasteiger partial charge >= 0.3 is 0 Å². The van der Waals surface area contributed by atoms with Crippen molar-refractivity contribution < 1.29 is 14.3 Å². The fraction of sp³-hybridized carbons (Fsp3) is 0.364. The molecule has 0 bridgehead atoms. The molecule has 0 N–H and O–H groups in total. The quantitative estimate of drug-likeness (QED) is 0.794. The van der Waals surface area contributed by atoms with E-state index in [-0.39, 0.29) is 12.2 Å². The minimum Gasteiger partial charge on any atom is -0.493 e. The maximum absolute atomic E-state index is 11.1. The molecule has 0 heterocycles. The molecule has 0 saturated heterocycles. The van der Waals surface area contributed by atoms with Crippen molar-refractivity contribution in [2.75, 3.05) is 14.2 Å². The van der Waals surface area contributed by atoms with Crippen molar-refractivity contribution in [2.45, 2.75) is 13.3 Å². The monoisotopic (exact) mass is 228 g/mol. The smallest absolute Gasteiger partial charge is 0.165 e. The Labute approximate surface area is 93.9 Å². The van der Waals surface area contributed by atoms with E-state index in [9.17, 15) is 4.79 Å². The van der Waals surface area contributed by atoms with Crippen LogP contribution < -0.4 is 9.47 Å². The zero-order chi connectivity index (χ0) is 11.4. The van der Waals surface area contributed by atoms with Crippen molar-refractivity contribution >= 4 is 17.4 Å². The molecule has 0 amide bonds. The highest BCUT2D eigenvalue weighted by atomic mass is 35.5. The van der Waals surface area contributed by atoms with Gasteiger partial charge in [0.25, 0.3) is 0 Å². The maximum atomic E-state index is 11.1. The fourth-order valence-electron chi connectivity index (χ4n) is 1.38. The Balaban J connectivity index is 3.25. The number of halogens is 1. The molecule has 0 unspecified atom stereocenters. The van der Waals surface area contributed by atoms with Crippen molar-refractivity contribution in [3.63, 3.8) is 0 Å². The number of ketones is 1. The number of hydrogen-bond donors (Lipinski definition) is 0. The van der Waals surface area contributed by atoms with Gasteiger partial charge in [-0.1, -0.05) is 11.6 Å². The standard InChI is InChI=1S/C11H13ClO3/c1-7(13)6-8-9(12)4-5-10(14-2)11(8)15-3/h4-5H,6H2,1-3H3. The van der Waals surface area contributed by atoms with E-state index >= 15 is 0 Å². The van der Waals surface area contributed by atoms with Crippen LogP contribution in [0.25, 0.3) is 0 Å². The SMILES string of the molecule is COc1ccc(Cl)c(CC(C)=O)c1OC. The summed E-state index contributed by atoms with van der Waals surface area (Å²) in [4.78, 5) is 11.1. The van der Waals surface area contributed by atoms with E-state index in [4.69, 9.17) is 21.1 Å². The molecule has 0 atom stereocenters. The van der Waals surface area contributed by atoms with E-state index in [1.165, 1.54) is 14.0 Å². The molecule has 1 aromatic carbocycles. The summed E-state index contributed by atoms with van der Waals surface area (Å²) < 4.78 is 10.3. The Bertz CT molecular complexity index is 374. The summed E-state index contributed by atoms with van der Waals surface area (Å²) in [5.74, 6) is 1.14. The summed E-state index contributed by atoms with van der Waals surface area (Å²) in [6, 6.07) is 3.41. The van der Waals surface area contributed by atoms with Gasteiger partial charge in [-0.2, -0.15) is 0 Å². The molecular weight excluding hydrogens is 216 g/mol. The summed E-state index contributed by atoms with van der Waals surface area (Å²) in [6.07, 6.45) is 0.249. The predicted molar refractivity (Wildman–Crippen MR) is 58.9 cm³/mol. The lowest BCUT2D eigenvalue weighted by atomic mass is 10.1. The zero-order valence-electron chi connectivity index (χ0n) is 8.96. The number of carbonyl (C=O) groups is 1. The Morgan fingerprint density at radius 2 is 2.00 bits per heavy atom. The van der Waals surface area contributed by atoms with Crippen LogP contribution in [-0.2, 0) is 11.2 Å². The predicted octanol–water partition coefficient (Wildman–Crippen LogP) is 2.49. The number of rotatable bonds is 4. The van der Waals surface area contributed by atoms with Gasteiger partial charge in [0, 0.05) is 17.0 Å². The molecule has 0 aliphatic heterocycles. The normalized spacial score (nSPS) is 9.87. The second-order valence-corrected chi connectivity index (χ2v) is 3.55. The van der Waals surface area contributed by atoms with Crippen LogP contribution in [0, 0.1) is 0 Å². The lowest BCUT2D eigenvalue weighted by Gasteiger charge is -2.13. The number of carbonyl (C=O) groups excluding carboxylic acids is 1. The second-order valence-electron chi connectivity index (χ2n) is 3.14. The summed E-state index contributed by atoms with van der Waals surface area (Å²) in [7, 11) is 3.07. The van der Waals surface area contributed by atoms with Gasteiger partial charge in [0.05, 0.1) is 14.2 Å². The van der Waals surface area contributed by atoms with Gasteiger partial charge in [-0.15, -0.1) is 0 Å². The minimum absolute atomic E-state index is 0.0310. The molecule has 0 saturated carbocycles. The largest absolute Gasteiger partial charge is 0.493 e. The molecular formula is C11H13ClO3. The van der Waals surface area contributed by atoms with Gasteiger partial charge in [0.15, 0.2) is 11.5 Å². The van der Waals surface area contributed by atoms with Gasteiger partial charge < -0.3 is 9.47 Å². The van der Waals surface area contributed by atoms with Gasteiger partial charge in [0.1, 0.15) is 5.78 Å². The molecule has 82 valence electrons. The van der Waals surface area contributed by atoms with Gasteiger partial charge in [0.2, 0.25) is 0 Å². The number of ether oxygens (including phenoxy) is 2. The number of methoxy groups -OCH3 is 2. The molecule has 0 aliphatic carbocycles. The lowest BCUT2D eigenvalue weighted by molar-refractivity contribution is -0.116. The molecule has 0 spiro atoms. The van der Waals surface area contributed by atoms with Crippen LogP contribution in [0.4, 0.5) is 0 Å². The van der Waals surface area contributed by atoms with Crippen molar-refractivity contribution in [3.05, 3.63) is 22.7 Å². The summed E-state index contributed by atoms with van der Waals surface area (Å²) in [5.41, 5.74) is 0.672. The Kier molecular flexibility index (Phi) is 3.97. The molecule has 0 aromatic heterocycles. The minimum atomic E-state index is 0.0310. The maximum Gasteiger partial charge on any atom is 0.165 e. The summed E-state index contributed by atoms with van der Waals surface area (Å²) in [6.45, 7) is 1.51. The Morgan fingerprint density at radius 1 is 1.33 bits per heavy atom. The Hall–Kier alpha value is -1.22. The lowest BCUT2D eigenvalue weighted by Crippen LogP contribution is -2.02. The molecule has 4 heteroatoms. The van der Waals surface area contributed by atoms with Crippen LogP contribution in [0.3, 0.4) is 0 Å². The number of hydrogen-bond acceptors (Lipinski definition) is 3. The fourth-order valence-corrected chi connectivity index (χ4v) is 1.60. The van der Waals surface area contributed by atoms with Crippen molar-refractivity contribution in [3.8, 4) is 11.5 Å². The highest BCUT2D eigenvalue weighted by Gasteiger charge is 2.14. The summed E-state index contributed by atoms with van der Waals surface area (Å²) in [5, 5.41) is 0.517. The van der Waals surface area contributed by atoms with E-state index in [1.807, 2.05) is 0 Å². The molecule has 0 radical (unpaired) electrons. The highest BCUT2D eigenvalue weighted by molar-refractivity contribution is 6.31. The van der Waals surface area contributed by atoms with Crippen LogP contribution >= 0.6 is 11.6 Å². The first kappa shape index (κ1) is 11.9. The third kappa shape index (κ3) is 2.63. The first-order chi connectivity index (χ1) is 7.10. The van der Waals surface area contributed by atoms with Crippen molar-refractivity contribution in [1.82, 2.24) is 0 Å². The van der Waals surface area contributed by atoms with Gasteiger partial charge in [-0.25, -0.2) is 0 Å². The number of Topliss-reactive ketones (excluding diaryl/α,β-unsaturated/α-hetero) is 1. The van der Waals surface area contributed by atoms with Crippen molar-refractivity contribution in [1.29, 1.82) is 0 Å². The average molecular weight is 229 g/mol. The first-order valence-corrected chi connectivity index (χ1v) is 4.86. The van der Waals surface area contributed by atoms with Crippen LogP contribution in [0.2, 0.25) is 5.02 Å².